The number of benzene rings is 2. The van der Waals surface area contributed by atoms with Crippen LogP contribution in [0.2, 0.25) is 5.02 Å². The summed E-state index contributed by atoms with van der Waals surface area (Å²) in [5.41, 5.74) is 2.15. The first-order chi connectivity index (χ1) is 13.3. The molecule has 0 radical (unpaired) electrons. The van der Waals surface area contributed by atoms with Crippen molar-refractivity contribution in [1.29, 1.82) is 0 Å². The van der Waals surface area contributed by atoms with E-state index in [-0.39, 0.29) is 12.6 Å². The van der Waals surface area contributed by atoms with Crippen LogP contribution in [0.25, 0.3) is 0 Å². The molecule has 1 aliphatic heterocycles. The predicted octanol–water partition coefficient (Wildman–Crippen LogP) is 2.74. The van der Waals surface area contributed by atoms with E-state index in [9.17, 15) is 13.2 Å². The average Bonchev–Trinajstić information content (AvgIpc) is 2.66. The van der Waals surface area contributed by atoms with Gasteiger partial charge in [0.25, 0.3) is 0 Å². The van der Waals surface area contributed by atoms with E-state index in [0.29, 0.717) is 42.5 Å². The number of hydrogen-bond donors (Lipinski definition) is 2. The number of sulfonamides is 1. The zero-order valence-electron chi connectivity index (χ0n) is 15.6. The van der Waals surface area contributed by atoms with Gasteiger partial charge in [-0.15, -0.1) is 0 Å². The van der Waals surface area contributed by atoms with E-state index in [1.807, 2.05) is 24.3 Å². The number of urea groups is 1. The van der Waals surface area contributed by atoms with E-state index in [0.717, 1.165) is 11.9 Å². The first-order valence-corrected chi connectivity index (χ1v) is 11.2. The highest BCUT2D eigenvalue weighted by molar-refractivity contribution is 7.92. The molecule has 9 heteroatoms. The number of nitrogens with one attached hydrogen (secondary N) is 2. The molecule has 1 aliphatic rings. The smallest absolute Gasteiger partial charge is 0.317 e. The Balaban J connectivity index is 1.55. The Hall–Kier alpha value is -2.45. The SMILES string of the molecule is CS(=O)(=O)Nc1ccccc1CNC(=O)N1CCN(c2ccccc2Cl)CC1. The summed E-state index contributed by atoms with van der Waals surface area (Å²) >= 11 is 6.25. The van der Waals surface area contributed by atoms with Crippen molar-refractivity contribution in [1.82, 2.24) is 10.2 Å². The highest BCUT2D eigenvalue weighted by Crippen LogP contribution is 2.26. The zero-order chi connectivity index (χ0) is 20.1. The first-order valence-electron chi connectivity index (χ1n) is 8.91. The zero-order valence-corrected chi connectivity index (χ0v) is 17.1. The number of piperazine rings is 1. The number of para-hydroxylation sites is 2. The second-order valence-corrected chi connectivity index (χ2v) is 8.77. The van der Waals surface area contributed by atoms with E-state index < -0.39 is 10.0 Å². The van der Waals surface area contributed by atoms with Crippen molar-refractivity contribution in [2.24, 2.45) is 0 Å². The van der Waals surface area contributed by atoms with Crippen LogP contribution in [-0.2, 0) is 16.6 Å². The van der Waals surface area contributed by atoms with Gasteiger partial charge < -0.3 is 15.1 Å². The van der Waals surface area contributed by atoms with Crippen LogP contribution in [0.1, 0.15) is 5.56 Å². The summed E-state index contributed by atoms with van der Waals surface area (Å²) in [4.78, 5) is 16.4. The van der Waals surface area contributed by atoms with Crippen LogP contribution >= 0.6 is 11.6 Å². The highest BCUT2D eigenvalue weighted by atomic mass is 35.5. The molecule has 2 aromatic rings. The van der Waals surface area contributed by atoms with Gasteiger partial charge in [0, 0.05) is 32.7 Å². The normalized spacial score (nSPS) is 14.6. The summed E-state index contributed by atoms with van der Waals surface area (Å²) < 4.78 is 25.4. The first kappa shape index (κ1) is 20.3. The number of amides is 2. The van der Waals surface area contributed by atoms with Crippen molar-refractivity contribution in [2.75, 3.05) is 42.1 Å². The van der Waals surface area contributed by atoms with Crippen LogP contribution in [0.3, 0.4) is 0 Å². The molecule has 28 heavy (non-hydrogen) atoms. The minimum absolute atomic E-state index is 0.173. The monoisotopic (exact) mass is 422 g/mol. The maximum Gasteiger partial charge on any atom is 0.317 e. The van der Waals surface area contributed by atoms with E-state index in [1.165, 1.54) is 0 Å². The van der Waals surface area contributed by atoms with E-state index >= 15 is 0 Å². The van der Waals surface area contributed by atoms with E-state index in [4.69, 9.17) is 11.6 Å². The van der Waals surface area contributed by atoms with Crippen molar-refractivity contribution < 1.29 is 13.2 Å². The van der Waals surface area contributed by atoms with Crippen LogP contribution < -0.4 is 14.9 Å². The number of hydrogen-bond acceptors (Lipinski definition) is 4. The molecule has 0 aliphatic carbocycles. The fraction of sp³-hybridized carbons (Fsp3) is 0.316. The van der Waals surface area contributed by atoms with Gasteiger partial charge in [0.1, 0.15) is 0 Å². The van der Waals surface area contributed by atoms with Crippen molar-refractivity contribution in [3.63, 3.8) is 0 Å². The topological polar surface area (TPSA) is 81.8 Å². The van der Waals surface area contributed by atoms with Gasteiger partial charge in [-0.05, 0) is 23.8 Å². The second-order valence-electron chi connectivity index (χ2n) is 6.62. The molecule has 0 spiro atoms. The number of rotatable bonds is 5. The third-order valence-corrected chi connectivity index (χ3v) is 5.41. The van der Waals surface area contributed by atoms with E-state index in [2.05, 4.69) is 14.9 Å². The predicted molar refractivity (Wildman–Crippen MR) is 112 cm³/mol. The minimum atomic E-state index is -3.38. The van der Waals surface area contributed by atoms with Crippen molar-refractivity contribution in [3.05, 3.63) is 59.1 Å². The average molecular weight is 423 g/mol. The van der Waals surface area contributed by atoms with Gasteiger partial charge in [-0.2, -0.15) is 0 Å². The lowest BCUT2D eigenvalue weighted by Crippen LogP contribution is -2.51. The summed E-state index contributed by atoms with van der Waals surface area (Å²) in [6.45, 7) is 2.80. The summed E-state index contributed by atoms with van der Waals surface area (Å²) in [6.07, 6.45) is 1.10. The molecule has 2 aromatic carbocycles. The maximum absolute atomic E-state index is 12.5. The molecule has 0 atom stereocenters. The van der Waals surface area contributed by atoms with Crippen LogP contribution in [0, 0.1) is 0 Å². The molecule has 7 nitrogen and oxygen atoms in total. The van der Waals surface area contributed by atoms with Crippen molar-refractivity contribution >= 4 is 39.0 Å². The van der Waals surface area contributed by atoms with Crippen LogP contribution in [0.4, 0.5) is 16.2 Å². The number of carbonyl (C=O) groups is 1. The Morgan fingerprint density at radius 2 is 1.68 bits per heavy atom. The van der Waals surface area contributed by atoms with Gasteiger partial charge in [-0.25, -0.2) is 13.2 Å². The molecule has 150 valence electrons. The molecular weight excluding hydrogens is 400 g/mol. The van der Waals surface area contributed by atoms with Crippen molar-refractivity contribution in [2.45, 2.75) is 6.54 Å². The number of anilines is 2. The number of nitrogens with zero attached hydrogens (tertiary/aromatic N) is 2. The van der Waals surface area contributed by atoms with Gasteiger partial charge in [-0.1, -0.05) is 41.9 Å². The Kier molecular flexibility index (Phi) is 6.31. The lowest BCUT2D eigenvalue weighted by atomic mass is 10.2. The summed E-state index contributed by atoms with van der Waals surface area (Å²) in [5, 5.41) is 3.57. The molecule has 2 amide bonds. The van der Waals surface area contributed by atoms with Gasteiger partial charge in [-0.3, -0.25) is 4.72 Å². The van der Waals surface area contributed by atoms with E-state index in [1.54, 1.807) is 29.2 Å². The lowest BCUT2D eigenvalue weighted by Gasteiger charge is -2.36. The molecule has 0 bridgehead atoms. The second kappa shape index (κ2) is 8.70. The fourth-order valence-corrected chi connectivity index (χ4v) is 3.97. The molecule has 1 fully saturated rings. The molecular formula is C19H23ClN4O3S. The molecule has 0 saturated carbocycles. The molecule has 2 N–H and O–H groups in total. The molecule has 0 aromatic heterocycles. The highest BCUT2D eigenvalue weighted by Gasteiger charge is 2.22. The van der Waals surface area contributed by atoms with Crippen LogP contribution in [-0.4, -0.2) is 51.8 Å². The van der Waals surface area contributed by atoms with Gasteiger partial charge in [0.15, 0.2) is 0 Å². The Morgan fingerprint density at radius 3 is 2.36 bits per heavy atom. The Bertz CT molecular complexity index is 944. The molecule has 0 unspecified atom stereocenters. The number of halogens is 1. The summed E-state index contributed by atoms with van der Waals surface area (Å²) in [6, 6.07) is 14.5. The largest absolute Gasteiger partial charge is 0.367 e. The summed E-state index contributed by atoms with van der Waals surface area (Å²) in [5.74, 6) is 0. The third-order valence-electron chi connectivity index (χ3n) is 4.50. The molecule has 1 saturated heterocycles. The Morgan fingerprint density at radius 1 is 1.04 bits per heavy atom. The standard InChI is InChI=1S/C19H23ClN4O3S/c1-28(26,27)22-17-8-4-2-6-15(17)14-21-19(25)24-12-10-23(11-13-24)18-9-5-3-7-16(18)20/h2-9,22H,10-14H2,1H3,(H,21,25). The van der Waals surface area contributed by atoms with Crippen molar-refractivity contribution in [3.8, 4) is 0 Å². The summed E-state index contributed by atoms with van der Waals surface area (Å²) in [7, 11) is -3.38. The molecule has 3 rings (SSSR count). The number of carbonyl (C=O) groups excluding carboxylic acids is 1. The molecule has 1 heterocycles. The van der Waals surface area contributed by atoms with Gasteiger partial charge >= 0.3 is 6.03 Å². The lowest BCUT2D eigenvalue weighted by molar-refractivity contribution is 0.194. The van der Waals surface area contributed by atoms with Crippen LogP contribution in [0.15, 0.2) is 48.5 Å². The Labute approximate surface area is 170 Å². The van der Waals surface area contributed by atoms with Gasteiger partial charge in [0.05, 0.1) is 22.7 Å². The maximum atomic E-state index is 12.5. The quantitative estimate of drug-likeness (QED) is 0.776. The minimum Gasteiger partial charge on any atom is -0.367 e. The van der Waals surface area contributed by atoms with Gasteiger partial charge in [0.2, 0.25) is 10.0 Å². The fourth-order valence-electron chi connectivity index (χ4n) is 3.12. The van der Waals surface area contributed by atoms with Crippen LogP contribution in [0.5, 0.6) is 0 Å². The third kappa shape index (κ3) is 5.30.